The molecule has 0 radical (unpaired) electrons. The molecule has 4 heteroatoms. The zero-order valence-electron chi connectivity index (χ0n) is 9.46. The minimum atomic E-state index is 0.531. The highest BCUT2D eigenvalue weighted by atomic mass is 35.5. The lowest BCUT2D eigenvalue weighted by molar-refractivity contribution is 0.590. The molecular weight excluding hydrogens is 240 g/mol. The molecule has 0 aliphatic heterocycles. The van der Waals surface area contributed by atoms with Crippen LogP contribution in [0.15, 0.2) is 18.2 Å². The highest BCUT2D eigenvalue weighted by Gasteiger charge is 2.04. The Morgan fingerprint density at radius 1 is 1.44 bits per heavy atom. The van der Waals surface area contributed by atoms with Crippen molar-refractivity contribution in [2.75, 3.05) is 6.54 Å². The van der Waals surface area contributed by atoms with Gasteiger partial charge in [0.25, 0.3) is 0 Å². The third-order valence-corrected chi connectivity index (χ3v) is 3.62. The van der Waals surface area contributed by atoms with Gasteiger partial charge in [-0.25, -0.2) is 4.98 Å². The number of hydrogen-bond acceptors (Lipinski definition) is 3. The van der Waals surface area contributed by atoms with Gasteiger partial charge in [0.2, 0.25) is 0 Å². The van der Waals surface area contributed by atoms with Crippen molar-refractivity contribution in [3.05, 3.63) is 28.2 Å². The van der Waals surface area contributed by atoms with Crippen LogP contribution >= 0.6 is 22.9 Å². The first-order chi connectivity index (χ1) is 7.65. The van der Waals surface area contributed by atoms with Gasteiger partial charge >= 0.3 is 0 Å². The molecule has 0 aliphatic rings. The molecule has 86 valence electrons. The van der Waals surface area contributed by atoms with Crippen LogP contribution in [0.4, 0.5) is 0 Å². The monoisotopic (exact) mass is 254 g/mol. The number of rotatable bonds is 4. The van der Waals surface area contributed by atoms with Crippen molar-refractivity contribution in [2.45, 2.75) is 26.3 Å². The van der Waals surface area contributed by atoms with E-state index in [4.69, 9.17) is 11.6 Å². The van der Waals surface area contributed by atoms with Crippen LogP contribution in [0, 0.1) is 0 Å². The average molecular weight is 255 g/mol. The maximum Gasteiger partial charge on any atom is 0.0951 e. The van der Waals surface area contributed by atoms with Crippen molar-refractivity contribution in [1.29, 1.82) is 0 Å². The summed E-state index contributed by atoms with van der Waals surface area (Å²) in [6, 6.07) is 6.41. The van der Waals surface area contributed by atoms with E-state index in [1.807, 2.05) is 18.2 Å². The summed E-state index contributed by atoms with van der Waals surface area (Å²) < 4.78 is 1.21. The van der Waals surface area contributed by atoms with Gasteiger partial charge < -0.3 is 5.32 Å². The summed E-state index contributed by atoms with van der Waals surface area (Å²) in [6.07, 6.45) is 0.981. The highest BCUT2D eigenvalue weighted by Crippen LogP contribution is 2.24. The number of halogens is 1. The molecule has 2 nitrogen and oxygen atoms in total. The Morgan fingerprint density at radius 3 is 3.00 bits per heavy atom. The fraction of sp³-hybridized carbons (Fsp3) is 0.417. The lowest BCUT2D eigenvalue weighted by Crippen LogP contribution is -2.24. The normalized spacial score (nSPS) is 11.5. The van der Waals surface area contributed by atoms with Crippen LogP contribution in [0.25, 0.3) is 10.2 Å². The minimum Gasteiger partial charge on any atom is -0.314 e. The van der Waals surface area contributed by atoms with Crippen LogP contribution < -0.4 is 5.32 Å². The third-order valence-electron chi connectivity index (χ3n) is 2.29. The number of aromatic nitrogens is 1. The molecular formula is C12H15ClN2S. The molecule has 0 atom stereocenters. The second-order valence-corrected chi connectivity index (χ2v) is 5.63. The van der Waals surface area contributed by atoms with Crippen LogP contribution in [-0.2, 0) is 6.42 Å². The van der Waals surface area contributed by atoms with Gasteiger partial charge in [-0.3, -0.25) is 0 Å². The highest BCUT2D eigenvalue weighted by molar-refractivity contribution is 7.18. The van der Waals surface area contributed by atoms with E-state index in [2.05, 4.69) is 24.1 Å². The van der Waals surface area contributed by atoms with Crippen molar-refractivity contribution < 1.29 is 0 Å². The third kappa shape index (κ3) is 2.94. The van der Waals surface area contributed by atoms with Gasteiger partial charge in [-0.05, 0) is 18.2 Å². The van der Waals surface area contributed by atoms with Crippen molar-refractivity contribution in [1.82, 2.24) is 10.3 Å². The molecule has 0 saturated carbocycles. The molecule has 0 unspecified atom stereocenters. The summed E-state index contributed by atoms with van der Waals surface area (Å²) in [5.74, 6) is 0. The van der Waals surface area contributed by atoms with Crippen LogP contribution in [0.3, 0.4) is 0 Å². The van der Waals surface area contributed by atoms with E-state index in [1.165, 1.54) is 9.71 Å². The van der Waals surface area contributed by atoms with Crippen molar-refractivity contribution in [3.63, 3.8) is 0 Å². The van der Waals surface area contributed by atoms with Crippen LogP contribution in [0.2, 0.25) is 5.02 Å². The van der Waals surface area contributed by atoms with Crippen LogP contribution in [0.1, 0.15) is 18.9 Å². The number of fused-ring (bicyclic) bond motifs is 1. The molecule has 1 aromatic carbocycles. The van der Waals surface area contributed by atoms with E-state index in [0.29, 0.717) is 6.04 Å². The molecule has 0 amide bonds. The summed E-state index contributed by atoms with van der Waals surface area (Å²) in [7, 11) is 0. The van der Waals surface area contributed by atoms with Gasteiger partial charge in [0.15, 0.2) is 0 Å². The number of nitrogens with one attached hydrogen (secondary N) is 1. The second kappa shape index (κ2) is 5.13. The molecule has 16 heavy (non-hydrogen) atoms. The number of nitrogens with zero attached hydrogens (tertiary/aromatic N) is 1. The molecule has 0 bridgehead atoms. The van der Waals surface area contributed by atoms with Crippen molar-refractivity contribution >= 4 is 33.2 Å². The van der Waals surface area contributed by atoms with E-state index in [9.17, 15) is 0 Å². The first kappa shape index (κ1) is 11.8. The Balaban J connectivity index is 2.08. The summed E-state index contributed by atoms with van der Waals surface area (Å²) >= 11 is 7.67. The van der Waals surface area contributed by atoms with E-state index in [0.717, 1.165) is 23.5 Å². The standard InChI is InChI=1S/C12H15ClN2S/c1-8(2)14-6-5-12-15-10-7-9(13)3-4-11(10)16-12/h3-4,7-8,14H,5-6H2,1-2H3. The maximum absolute atomic E-state index is 5.93. The first-order valence-electron chi connectivity index (χ1n) is 5.43. The summed E-state index contributed by atoms with van der Waals surface area (Å²) in [6.45, 7) is 5.28. The zero-order valence-corrected chi connectivity index (χ0v) is 11.0. The van der Waals surface area contributed by atoms with Gasteiger partial charge in [0.1, 0.15) is 0 Å². The average Bonchev–Trinajstić information content (AvgIpc) is 2.58. The van der Waals surface area contributed by atoms with Gasteiger partial charge in [-0.15, -0.1) is 11.3 Å². The maximum atomic E-state index is 5.93. The molecule has 1 heterocycles. The Morgan fingerprint density at radius 2 is 2.25 bits per heavy atom. The lowest BCUT2D eigenvalue weighted by Gasteiger charge is -2.05. The van der Waals surface area contributed by atoms with Crippen molar-refractivity contribution in [2.24, 2.45) is 0 Å². The molecule has 1 N–H and O–H groups in total. The SMILES string of the molecule is CC(C)NCCc1nc2cc(Cl)ccc2s1. The molecule has 0 spiro atoms. The Bertz CT molecular complexity index is 479. The predicted molar refractivity (Wildman–Crippen MR) is 71.5 cm³/mol. The van der Waals surface area contributed by atoms with Crippen molar-refractivity contribution in [3.8, 4) is 0 Å². The molecule has 2 rings (SSSR count). The summed E-state index contributed by atoms with van der Waals surface area (Å²) in [4.78, 5) is 4.56. The van der Waals surface area contributed by atoms with E-state index in [-0.39, 0.29) is 0 Å². The Kier molecular flexibility index (Phi) is 3.79. The molecule has 2 aromatic rings. The van der Waals surface area contributed by atoms with Crippen LogP contribution in [-0.4, -0.2) is 17.6 Å². The van der Waals surface area contributed by atoms with Gasteiger partial charge in [-0.2, -0.15) is 0 Å². The summed E-state index contributed by atoms with van der Waals surface area (Å²) in [5, 5.41) is 5.32. The largest absolute Gasteiger partial charge is 0.314 e. The quantitative estimate of drug-likeness (QED) is 0.904. The summed E-state index contributed by atoms with van der Waals surface area (Å²) in [5.41, 5.74) is 1.01. The lowest BCUT2D eigenvalue weighted by atomic mass is 10.3. The minimum absolute atomic E-state index is 0.531. The molecule has 0 aliphatic carbocycles. The second-order valence-electron chi connectivity index (χ2n) is 4.08. The van der Waals surface area contributed by atoms with E-state index >= 15 is 0 Å². The molecule has 0 saturated heterocycles. The number of thiazole rings is 1. The number of hydrogen-bond donors (Lipinski definition) is 1. The number of benzene rings is 1. The zero-order chi connectivity index (χ0) is 11.5. The predicted octanol–water partition coefficient (Wildman–Crippen LogP) is 3.49. The molecule has 1 aromatic heterocycles. The fourth-order valence-electron chi connectivity index (χ4n) is 1.52. The van der Waals surface area contributed by atoms with Gasteiger partial charge in [0, 0.05) is 24.0 Å². The van der Waals surface area contributed by atoms with Gasteiger partial charge in [0.05, 0.1) is 15.2 Å². The van der Waals surface area contributed by atoms with E-state index in [1.54, 1.807) is 11.3 Å². The Labute approximate surface area is 105 Å². The topological polar surface area (TPSA) is 24.9 Å². The van der Waals surface area contributed by atoms with Gasteiger partial charge in [-0.1, -0.05) is 25.4 Å². The van der Waals surface area contributed by atoms with Crippen LogP contribution in [0.5, 0.6) is 0 Å². The van der Waals surface area contributed by atoms with E-state index < -0.39 is 0 Å². The fourth-order valence-corrected chi connectivity index (χ4v) is 2.64. The smallest absolute Gasteiger partial charge is 0.0951 e. The first-order valence-corrected chi connectivity index (χ1v) is 6.63. The Hall–Kier alpha value is -0.640. The molecule has 0 fully saturated rings.